The van der Waals surface area contributed by atoms with E-state index in [2.05, 4.69) is 53.2 Å². The summed E-state index contributed by atoms with van der Waals surface area (Å²) in [4.78, 5) is 9.40. The van der Waals surface area contributed by atoms with Gasteiger partial charge in [0.05, 0.1) is 12.6 Å². The lowest BCUT2D eigenvalue weighted by Gasteiger charge is -2.25. The van der Waals surface area contributed by atoms with Crippen molar-refractivity contribution in [2.45, 2.75) is 38.8 Å². The number of anilines is 1. The molecule has 1 unspecified atom stereocenters. The van der Waals surface area contributed by atoms with E-state index in [1.54, 1.807) is 0 Å². The van der Waals surface area contributed by atoms with Crippen molar-refractivity contribution in [2.24, 2.45) is 4.99 Å². The molecule has 24 heavy (non-hydrogen) atoms. The Labute approximate surface area is 162 Å². The summed E-state index contributed by atoms with van der Waals surface area (Å²) in [5, 5.41) is 13.1. The number of likely N-dealkylation sites (tertiary alicyclic amines) is 1. The third-order valence-electron chi connectivity index (χ3n) is 4.75. The van der Waals surface area contributed by atoms with Crippen LogP contribution in [0.3, 0.4) is 0 Å². The minimum absolute atomic E-state index is 0. The number of fused-ring (bicyclic) bond motifs is 1. The van der Waals surface area contributed by atoms with E-state index in [1.165, 1.54) is 11.3 Å². The van der Waals surface area contributed by atoms with E-state index >= 15 is 0 Å². The molecule has 0 aliphatic carbocycles. The normalized spacial score (nSPS) is 23.2. The first-order valence-electron chi connectivity index (χ1n) is 8.75. The number of aliphatic imine (C=N–C) groups is 1. The van der Waals surface area contributed by atoms with Gasteiger partial charge in [-0.05, 0) is 38.3 Å². The molecule has 2 heterocycles. The Morgan fingerprint density at radius 2 is 2.17 bits per heavy atom. The molecule has 3 rings (SSSR count). The SMILES string of the molecule is CCNC(=NCCN1c2ccccc2CC1C)N1CC[C@@H](O)C1.I. The molecule has 1 fully saturated rings. The van der Waals surface area contributed by atoms with Crippen LogP contribution in [0.25, 0.3) is 0 Å². The number of hydrogen-bond acceptors (Lipinski definition) is 3. The van der Waals surface area contributed by atoms with Crippen molar-refractivity contribution in [3.8, 4) is 0 Å². The van der Waals surface area contributed by atoms with Crippen molar-refractivity contribution in [1.29, 1.82) is 0 Å². The van der Waals surface area contributed by atoms with Crippen LogP contribution < -0.4 is 10.2 Å². The van der Waals surface area contributed by atoms with Crippen LogP contribution in [-0.2, 0) is 6.42 Å². The molecule has 2 N–H and O–H groups in total. The molecule has 1 aromatic carbocycles. The van der Waals surface area contributed by atoms with Crippen LogP contribution in [0.5, 0.6) is 0 Å². The van der Waals surface area contributed by atoms with Crippen LogP contribution in [0.4, 0.5) is 5.69 Å². The molecule has 0 radical (unpaired) electrons. The van der Waals surface area contributed by atoms with Crippen molar-refractivity contribution in [2.75, 3.05) is 37.6 Å². The van der Waals surface area contributed by atoms with Gasteiger partial charge in [0.25, 0.3) is 0 Å². The molecular formula is C18H29IN4O. The van der Waals surface area contributed by atoms with Crippen LogP contribution in [0.1, 0.15) is 25.8 Å². The van der Waals surface area contributed by atoms with Gasteiger partial charge >= 0.3 is 0 Å². The van der Waals surface area contributed by atoms with Gasteiger partial charge in [0.1, 0.15) is 0 Å². The Bertz CT molecular complexity index is 566. The molecule has 0 amide bonds. The molecule has 1 saturated heterocycles. The lowest BCUT2D eigenvalue weighted by atomic mass is 10.1. The van der Waals surface area contributed by atoms with Crippen molar-refractivity contribution in [3.05, 3.63) is 29.8 Å². The van der Waals surface area contributed by atoms with Crippen molar-refractivity contribution < 1.29 is 5.11 Å². The van der Waals surface area contributed by atoms with Gasteiger partial charge in [0.15, 0.2) is 5.96 Å². The summed E-state index contributed by atoms with van der Waals surface area (Å²) in [6.07, 6.45) is 1.74. The maximum atomic E-state index is 9.73. The van der Waals surface area contributed by atoms with Gasteiger partial charge < -0.3 is 20.2 Å². The Morgan fingerprint density at radius 1 is 1.38 bits per heavy atom. The Kier molecular flexibility index (Phi) is 7.16. The number of nitrogens with zero attached hydrogens (tertiary/aromatic N) is 3. The molecule has 2 aliphatic rings. The second-order valence-corrected chi connectivity index (χ2v) is 6.50. The number of halogens is 1. The maximum absolute atomic E-state index is 9.73. The summed E-state index contributed by atoms with van der Waals surface area (Å²) >= 11 is 0. The smallest absolute Gasteiger partial charge is 0.194 e. The topological polar surface area (TPSA) is 51.1 Å². The summed E-state index contributed by atoms with van der Waals surface area (Å²) in [5.41, 5.74) is 2.80. The lowest BCUT2D eigenvalue weighted by Crippen LogP contribution is -2.41. The number of rotatable bonds is 4. The van der Waals surface area contributed by atoms with E-state index in [-0.39, 0.29) is 30.1 Å². The highest BCUT2D eigenvalue weighted by Gasteiger charge is 2.25. The monoisotopic (exact) mass is 444 g/mol. The fourth-order valence-electron chi connectivity index (χ4n) is 3.59. The van der Waals surface area contributed by atoms with Gasteiger partial charge in [0.2, 0.25) is 0 Å². The average Bonchev–Trinajstić information content (AvgIpc) is 3.10. The minimum Gasteiger partial charge on any atom is -0.391 e. The largest absolute Gasteiger partial charge is 0.391 e. The Hall–Kier alpha value is -1.02. The molecular weight excluding hydrogens is 415 g/mol. The number of aliphatic hydroxyl groups is 1. The Morgan fingerprint density at radius 3 is 2.88 bits per heavy atom. The fraction of sp³-hybridized carbons (Fsp3) is 0.611. The first-order valence-corrected chi connectivity index (χ1v) is 8.75. The van der Waals surface area contributed by atoms with Gasteiger partial charge in [-0.3, -0.25) is 4.99 Å². The summed E-state index contributed by atoms with van der Waals surface area (Å²) in [6.45, 7) is 8.50. The van der Waals surface area contributed by atoms with Crippen LogP contribution in [0, 0.1) is 0 Å². The second kappa shape index (κ2) is 8.89. The molecule has 0 bridgehead atoms. The van der Waals surface area contributed by atoms with Gasteiger partial charge in [-0.15, -0.1) is 24.0 Å². The number of guanidine groups is 1. The van der Waals surface area contributed by atoms with Crippen LogP contribution in [0.2, 0.25) is 0 Å². The summed E-state index contributed by atoms with van der Waals surface area (Å²) in [5.74, 6) is 0.934. The first kappa shape index (κ1) is 19.3. The fourth-order valence-corrected chi connectivity index (χ4v) is 3.59. The van der Waals surface area contributed by atoms with E-state index in [1.807, 2.05) is 0 Å². The number of para-hydroxylation sites is 1. The van der Waals surface area contributed by atoms with Gasteiger partial charge in [-0.2, -0.15) is 0 Å². The van der Waals surface area contributed by atoms with E-state index in [0.29, 0.717) is 12.6 Å². The highest BCUT2D eigenvalue weighted by atomic mass is 127. The molecule has 0 aromatic heterocycles. The molecule has 0 spiro atoms. The van der Waals surface area contributed by atoms with E-state index in [9.17, 15) is 5.11 Å². The van der Waals surface area contributed by atoms with E-state index in [0.717, 1.165) is 45.0 Å². The summed E-state index contributed by atoms with van der Waals surface area (Å²) in [7, 11) is 0. The van der Waals surface area contributed by atoms with Gasteiger partial charge in [0, 0.05) is 37.9 Å². The zero-order valence-corrected chi connectivity index (χ0v) is 16.9. The number of nitrogens with one attached hydrogen (secondary N) is 1. The molecule has 5 nitrogen and oxygen atoms in total. The summed E-state index contributed by atoms with van der Waals surface area (Å²) in [6, 6.07) is 9.21. The van der Waals surface area contributed by atoms with E-state index < -0.39 is 0 Å². The standard InChI is InChI=1S/C18H28N4O.HI/c1-3-19-18(21-10-8-16(23)13-21)20-9-11-22-14(2)12-15-6-4-5-7-17(15)22;/h4-7,14,16,23H,3,8-13H2,1-2H3,(H,19,20);1H/t14?,16-;/m1./s1. The molecule has 2 aliphatic heterocycles. The molecule has 1 aromatic rings. The number of benzene rings is 1. The van der Waals surface area contributed by atoms with E-state index in [4.69, 9.17) is 4.99 Å². The molecule has 6 heteroatoms. The third kappa shape index (κ3) is 4.33. The number of aliphatic hydroxyl groups excluding tert-OH is 1. The Balaban J connectivity index is 0.00000208. The zero-order chi connectivity index (χ0) is 16.2. The first-order chi connectivity index (χ1) is 11.2. The third-order valence-corrected chi connectivity index (χ3v) is 4.75. The van der Waals surface area contributed by atoms with Crippen LogP contribution >= 0.6 is 24.0 Å². The predicted octanol–water partition coefficient (Wildman–Crippen LogP) is 2.09. The van der Waals surface area contributed by atoms with Crippen molar-refractivity contribution >= 4 is 35.6 Å². The second-order valence-electron chi connectivity index (χ2n) is 6.50. The zero-order valence-electron chi connectivity index (χ0n) is 14.6. The van der Waals surface area contributed by atoms with Crippen LogP contribution in [-0.4, -0.2) is 60.8 Å². The van der Waals surface area contributed by atoms with Crippen LogP contribution in [0.15, 0.2) is 29.3 Å². The van der Waals surface area contributed by atoms with Crippen molar-refractivity contribution in [3.63, 3.8) is 0 Å². The lowest BCUT2D eigenvalue weighted by molar-refractivity contribution is 0.188. The predicted molar refractivity (Wildman–Crippen MR) is 111 cm³/mol. The molecule has 134 valence electrons. The molecule has 0 saturated carbocycles. The average molecular weight is 444 g/mol. The van der Waals surface area contributed by atoms with Gasteiger partial charge in [-0.1, -0.05) is 18.2 Å². The maximum Gasteiger partial charge on any atom is 0.194 e. The quantitative estimate of drug-likeness (QED) is 0.425. The molecule has 2 atom stereocenters. The van der Waals surface area contributed by atoms with Gasteiger partial charge in [-0.25, -0.2) is 0 Å². The summed E-state index contributed by atoms with van der Waals surface area (Å²) < 4.78 is 0. The highest BCUT2D eigenvalue weighted by Crippen LogP contribution is 2.31. The number of β-amino-alcohol motifs (C(OH)–C–C–N with tert-alkyl or cyclic N) is 1. The number of hydrogen-bond donors (Lipinski definition) is 2. The highest BCUT2D eigenvalue weighted by molar-refractivity contribution is 14.0. The minimum atomic E-state index is -0.218. The van der Waals surface area contributed by atoms with Crippen molar-refractivity contribution in [1.82, 2.24) is 10.2 Å².